The van der Waals surface area contributed by atoms with Crippen molar-refractivity contribution in [2.24, 2.45) is 0 Å². The monoisotopic (exact) mass is 332 g/mol. The number of halogens is 1. The summed E-state index contributed by atoms with van der Waals surface area (Å²) in [6.45, 7) is 2.12. The van der Waals surface area contributed by atoms with Crippen LogP contribution in [-0.2, 0) is 9.59 Å². The van der Waals surface area contributed by atoms with Crippen LogP contribution < -0.4 is 0 Å². The number of alkyl halides is 1. The summed E-state index contributed by atoms with van der Waals surface area (Å²) in [5.74, 6) is 0.0199. The van der Waals surface area contributed by atoms with Gasteiger partial charge in [0.15, 0.2) is 0 Å². The summed E-state index contributed by atoms with van der Waals surface area (Å²) in [6.07, 6.45) is 6.60. The Bertz CT molecular complexity index is 317. The summed E-state index contributed by atoms with van der Waals surface area (Å²) in [6, 6.07) is 0.357. The van der Waals surface area contributed by atoms with Gasteiger partial charge in [-0.25, -0.2) is 0 Å². The predicted molar refractivity (Wildman–Crippen MR) is 80.3 cm³/mol. The van der Waals surface area contributed by atoms with E-state index in [2.05, 4.69) is 15.9 Å². The summed E-state index contributed by atoms with van der Waals surface area (Å²) in [5, 5.41) is 0. The van der Waals surface area contributed by atoms with Crippen molar-refractivity contribution < 1.29 is 9.59 Å². The lowest BCUT2D eigenvalue weighted by Crippen LogP contribution is -2.45. The molecule has 4 nitrogen and oxygen atoms in total. The van der Waals surface area contributed by atoms with Gasteiger partial charge >= 0.3 is 0 Å². The van der Waals surface area contributed by atoms with Crippen LogP contribution in [0.4, 0.5) is 0 Å². The molecule has 0 aliphatic heterocycles. The van der Waals surface area contributed by atoms with Crippen molar-refractivity contribution in [1.29, 1.82) is 0 Å². The highest BCUT2D eigenvalue weighted by Crippen LogP contribution is 2.21. The molecule has 1 rings (SSSR count). The summed E-state index contributed by atoms with van der Waals surface area (Å²) in [7, 11) is 3.56. The number of hydrogen-bond acceptors (Lipinski definition) is 2. The lowest BCUT2D eigenvalue weighted by Gasteiger charge is -2.32. The lowest BCUT2D eigenvalue weighted by atomic mass is 9.94. The average Bonchev–Trinajstić information content (AvgIpc) is 2.45. The molecule has 1 fully saturated rings. The molecular formula is C14H25BrN2O2. The Morgan fingerprint density at radius 2 is 1.79 bits per heavy atom. The van der Waals surface area contributed by atoms with E-state index in [9.17, 15) is 9.59 Å². The smallest absolute Gasteiger partial charge is 0.242 e. The van der Waals surface area contributed by atoms with Gasteiger partial charge in [0.25, 0.3) is 0 Å². The van der Waals surface area contributed by atoms with Gasteiger partial charge in [-0.1, -0.05) is 42.1 Å². The zero-order valence-corrected chi connectivity index (χ0v) is 13.8. The molecule has 0 bridgehead atoms. The number of likely N-dealkylation sites (N-methyl/N-ethyl adjacent to an activating group) is 2. The van der Waals surface area contributed by atoms with Gasteiger partial charge in [-0.15, -0.1) is 0 Å². The van der Waals surface area contributed by atoms with Crippen molar-refractivity contribution >= 4 is 27.7 Å². The maximum Gasteiger partial charge on any atom is 0.242 e. The van der Waals surface area contributed by atoms with Crippen LogP contribution in [-0.4, -0.2) is 53.1 Å². The number of amides is 2. The van der Waals surface area contributed by atoms with Gasteiger partial charge in [0.05, 0.1) is 11.4 Å². The molecule has 1 aliphatic carbocycles. The molecule has 0 saturated heterocycles. The van der Waals surface area contributed by atoms with Gasteiger partial charge in [-0.05, 0) is 19.3 Å². The molecule has 0 N–H and O–H groups in total. The van der Waals surface area contributed by atoms with Crippen LogP contribution in [0.1, 0.15) is 45.4 Å². The maximum atomic E-state index is 12.2. The van der Waals surface area contributed by atoms with E-state index in [-0.39, 0.29) is 23.2 Å². The molecule has 0 aromatic rings. The first-order chi connectivity index (χ1) is 8.97. The van der Waals surface area contributed by atoms with E-state index in [1.165, 1.54) is 24.2 Å². The molecule has 19 heavy (non-hydrogen) atoms. The fourth-order valence-corrected chi connectivity index (χ4v) is 2.83. The number of rotatable bonds is 5. The Balaban J connectivity index is 2.46. The van der Waals surface area contributed by atoms with Crippen LogP contribution in [0.5, 0.6) is 0 Å². The molecule has 0 heterocycles. The molecule has 0 aromatic heterocycles. The average molecular weight is 333 g/mol. The Hall–Kier alpha value is -0.580. The first-order valence-electron chi connectivity index (χ1n) is 7.12. The minimum absolute atomic E-state index is 0.0205. The van der Waals surface area contributed by atoms with Gasteiger partial charge in [-0.3, -0.25) is 9.59 Å². The third-order valence-electron chi connectivity index (χ3n) is 3.89. The van der Waals surface area contributed by atoms with E-state index in [4.69, 9.17) is 0 Å². The Labute approximate surface area is 124 Å². The number of carbonyl (C=O) groups excluding carboxylic acids is 2. The van der Waals surface area contributed by atoms with Crippen molar-refractivity contribution in [3.63, 3.8) is 0 Å². The summed E-state index contributed by atoms with van der Waals surface area (Å²) in [5.41, 5.74) is 0. The third kappa shape index (κ3) is 4.79. The molecule has 110 valence electrons. The largest absolute Gasteiger partial charge is 0.341 e. The standard InChI is InChI=1S/C14H25BrN2O2/c1-4-12(15)14(19)16(2)10-13(18)17(3)11-8-6-5-7-9-11/h11-12H,4-10H2,1-3H3. The molecule has 1 unspecified atom stereocenters. The van der Waals surface area contributed by atoms with Crippen LogP contribution in [0.3, 0.4) is 0 Å². The molecule has 1 atom stereocenters. The minimum atomic E-state index is -0.190. The highest BCUT2D eigenvalue weighted by Gasteiger charge is 2.25. The Morgan fingerprint density at radius 3 is 2.32 bits per heavy atom. The first-order valence-corrected chi connectivity index (χ1v) is 8.03. The number of hydrogen-bond donors (Lipinski definition) is 0. The van der Waals surface area contributed by atoms with Gasteiger partial charge in [0.1, 0.15) is 0 Å². The predicted octanol–water partition coefficient (Wildman–Crippen LogP) is 2.41. The first kappa shape index (κ1) is 16.5. The Kier molecular flexibility index (Phi) is 6.83. The molecule has 0 spiro atoms. The molecule has 1 saturated carbocycles. The van der Waals surface area contributed by atoms with Crippen molar-refractivity contribution in [1.82, 2.24) is 9.80 Å². The molecule has 0 radical (unpaired) electrons. The van der Waals surface area contributed by atoms with E-state index in [1.54, 1.807) is 7.05 Å². The van der Waals surface area contributed by atoms with Crippen LogP contribution in [0.15, 0.2) is 0 Å². The van der Waals surface area contributed by atoms with Crippen molar-refractivity contribution in [3.05, 3.63) is 0 Å². The molecule has 0 aromatic carbocycles. The third-order valence-corrected chi connectivity index (χ3v) is 4.93. The number of nitrogens with zero attached hydrogens (tertiary/aromatic N) is 2. The van der Waals surface area contributed by atoms with Crippen molar-refractivity contribution in [2.45, 2.75) is 56.3 Å². The fraction of sp³-hybridized carbons (Fsp3) is 0.857. The summed E-state index contributed by atoms with van der Waals surface area (Å²) in [4.78, 5) is 27.3. The van der Waals surface area contributed by atoms with Crippen LogP contribution >= 0.6 is 15.9 Å². The van der Waals surface area contributed by atoms with Gasteiger partial charge < -0.3 is 9.80 Å². The molecule has 5 heteroatoms. The SMILES string of the molecule is CCC(Br)C(=O)N(C)CC(=O)N(C)C1CCCCC1. The fourth-order valence-electron chi connectivity index (χ4n) is 2.48. The van der Waals surface area contributed by atoms with E-state index in [0.717, 1.165) is 19.3 Å². The minimum Gasteiger partial charge on any atom is -0.341 e. The van der Waals surface area contributed by atoms with Gasteiger partial charge in [0.2, 0.25) is 11.8 Å². The van der Waals surface area contributed by atoms with E-state index < -0.39 is 0 Å². The molecule has 1 aliphatic rings. The van der Waals surface area contributed by atoms with Gasteiger partial charge in [-0.2, -0.15) is 0 Å². The van der Waals surface area contributed by atoms with Crippen LogP contribution in [0.2, 0.25) is 0 Å². The highest BCUT2D eigenvalue weighted by molar-refractivity contribution is 9.10. The van der Waals surface area contributed by atoms with E-state index >= 15 is 0 Å². The van der Waals surface area contributed by atoms with Crippen LogP contribution in [0, 0.1) is 0 Å². The van der Waals surface area contributed by atoms with E-state index in [0.29, 0.717) is 6.04 Å². The quantitative estimate of drug-likeness (QED) is 0.725. The van der Waals surface area contributed by atoms with Crippen molar-refractivity contribution in [3.8, 4) is 0 Å². The second kappa shape index (κ2) is 7.88. The van der Waals surface area contributed by atoms with Crippen molar-refractivity contribution in [2.75, 3.05) is 20.6 Å². The molecule has 2 amide bonds. The van der Waals surface area contributed by atoms with Gasteiger partial charge in [0, 0.05) is 20.1 Å². The maximum absolute atomic E-state index is 12.2. The lowest BCUT2D eigenvalue weighted by molar-refractivity contribution is -0.139. The topological polar surface area (TPSA) is 40.6 Å². The summed E-state index contributed by atoms with van der Waals surface area (Å²) < 4.78 is 0. The Morgan fingerprint density at radius 1 is 1.21 bits per heavy atom. The zero-order chi connectivity index (χ0) is 14.4. The molecular weight excluding hydrogens is 308 g/mol. The summed E-state index contributed by atoms with van der Waals surface area (Å²) >= 11 is 3.33. The second-order valence-corrected chi connectivity index (χ2v) is 6.47. The second-order valence-electron chi connectivity index (χ2n) is 5.37. The van der Waals surface area contributed by atoms with Crippen LogP contribution in [0.25, 0.3) is 0 Å². The van der Waals surface area contributed by atoms with E-state index in [1.807, 2.05) is 18.9 Å². The highest BCUT2D eigenvalue weighted by atomic mass is 79.9. The normalized spacial score (nSPS) is 17.9. The number of carbonyl (C=O) groups is 2. The zero-order valence-electron chi connectivity index (χ0n) is 12.2.